The first-order valence-corrected chi connectivity index (χ1v) is 7.22. The lowest BCUT2D eigenvalue weighted by atomic mass is 10.2. The van der Waals surface area contributed by atoms with Gasteiger partial charge in [-0.3, -0.25) is 0 Å². The number of ether oxygens (including phenoxy) is 1. The number of anilines is 1. The molecule has 0 atom stereocenters. The molecule has 0 unspecified atom stereocenters. The van der Waals surface area contributed by atoms with Crippen molar-refractivity contribution in [3.8, 4) is 17.2 Å². The summed E-state index contributed by atoms with van der Waals surface area (Å²) in [6.07, 6.45) is 0.611. The van der Waals surface area contributed by atoms with Gasteiger partial charge in [-0.15, -0.1) is 0 Å². The summed E-state index contributed by atoms with van der Waals surface area (Å²) in [6, 6.07) is 13.4. The number of aliphatic hydroxyl groups is 1. The lowest BCUT2D eigenvalue weighted by Crippen LogP contribution is -1.99. The van der Waals surface area contributed by atoms with Gasteiger partial charge in [-0.25, -0.2) is 4.98 Å². The van der Waals surface area contributed by atoms with Gasteiger partial charge in [0.25, 0.3) is 0 Å². The van der Waals surface area contributed by atoms with Crippen LogP contribution in [0.1, 0.15) is 6.42 Å². The topological polar surface area (TPSA) is 67.5 Å². The second-order valence-corrected chi connectivity index (χ2v) is 4.90. The number of oxazole rings is 1. The quantitative estimate of drug-likeness (QED) is 0.683. The van der Waals surface area contributed by atoms with Crippen LogP contribution in [-0.4, -0.2) is 30.4 Å². The van der Waals surface area contributed by atoms with Gasteiger partial charge in [0.15, 0.2) is 5.58 Å². The van der Waals surface area contributed by atoms with Crippen molar-refractivity contribution in [1.29, 1.82) is 0 Å². The molecule has 22 heavy (non-hydrogen) atoms. The summed E-state index contributed by atoms with van der Waals surface area (Å²) in [5.74, 6) is 1.32. The molecule has 0 saturated carbocycles. The Morgan fingerprint density at radius 2 is 2.00 bits per heavy atom. The zero-order chi connectivity index (χ0) is 15.4. The molecular weight excluding hydrogens is 280 g/mol. The standard InChI is InChI=1S/C17H18N2O3/c1-18-13-5-3-12(4-6-13)17-19-15-11-14(21-10-2-9-20)7-8-16(15)22-17/h3-8,11,18,20H,2,9-10H2,1H3. The smallest absolute Gasteiger partial charge is 0.227 e. The van der Waals surface area contributed by atoms with Crippen molar-refractivity contribution in [3.05, 3.63) is 42.5 Å². The molecule has 2 N–H and O–H groups in total. The molecule has 1 heterocycles. The summed E-state index contributed by atoms with van der Waals surface area (Å²) in [5.41, 5.74) is 3.45. The second-order valence-electron chi connectivity index (χ2n) is 4.90. The van der Waals surface area contributed by atoms with Crippen LogP contribution in [0.25, 0.3) is 22.6 Å². The Hall–Kier alpha value is -2.53. The van der Waals surface area contributed by atoms with Crippen LogP contribution in [0, 0.1) is 0 Å². The number of aromatic nitrogens is 1. The predicted octanol–water partition coefficient (Wildman–Crippen LogP) is 3.30. The molecule has 5 heteroatoms. The Bertz CT molecular complexity index is 750. The number of hydrogen-bond acceptors (Lipinski definition) is 5. The summed E-state index contributed by atoms with van der Waals surface area (Å²) in [4.78, 5) is 4.51. The van der Waals surface area contributed by atoms with Gasteiger partial charge in [-0.2, -0.15) is 0 Å². The fraction of sp³-hybridized carbons (Fsp3) is 0.235. The van der Waals surface area contributed by atoms with E-state index in [2.05, 4.69) is 10.3 Å². The van der Waals surface area contributed by atoms with Crippen molar-refractivity contribution in [2.45, 2.75) is 6.42 Å². The van der Waals surface area contributed by atoms with E-state index in [4.69, 9.17) is 14.3 Å². The van der Waals surface area contributed by atoms with Crippen molar-refractivity contribution < 1.29 is 14.3 Å². The zero-order valence-electron chi connectivity index (χ0n) is 12.4. The van der Waals surface area contributed by atoms with E-state index in [1.807, 2.05) is 49.5 Å². The van der Waals surface area contributed by atoms with Crippen LogP contribution in [0.2, 0.25) is 0 Å². The molecule has 0 spiro atoms. The molecule has 0 radical (unpaired) electrons. The van der Waals surface area contributed by atoms with Gasteiger partial charge in [0.05, 0.1) is 6.61 Å². The predicted molar refractivity (Wildman–Crippen MR) is 86.2 cm³/mol. The maximum atomic E-state index is 8.77. The molecule has 0 saturated heterocycles. The summed E-state index contributed by atoms with van der Waals surface area (Å²) in [7, 11) is 1.88. The Balaban J connectivity index is 1.85. The third-order valence-electron chi connectivity index (χ3n) is 3.35. The van der Waals surface area contributed by atoms with E-state index in [0.29, 0.717) is 18.9 Å². The molecule has 114 valence electrons. The minimum Gasteiger partial charge on any atom is -0.493 e. The van der Waals surface area contributed by atoms with Crippen molar-refractivity contribution in [2.24, 2.45) is 0 Å². The fourth-order valence-electron chi connectivity index (χ4n) is 2.15. The van der Waals surface area contributed by atoms with E-state index in [-0.39, 0.29) is 6.61 Å². The number of nitrogens with one attached hydrogen (secondary N) is 1. The van der Waals surface area contributed by atoms with Gasteiger partial charge in [0.1, 0.15) is 11.3 Å². The first-order valence-electron chi connectivity index (χ1n) is 7.22. The molecule has 0 fully saturated rings. The third kappa shape index (κ3) is 3.04. The fourth-order valence-corrected chi connectivity index (χ4v) is 2.15. The van der Waals surface area contributed by atoms with E-state index in [1.165, 1.54) is 0 Å². The van der Waals surface area contributed by atoms with E-state index >= 15 is 0 Å². The van der Waals surface area contributed by atoms with Gasteiger partial charge < -0.3 is 19.6 Å². The molecule has 0 aliphatic carbocycles. The van der Waals surface area contributed by atoms with Gasteiger partial charge in [-0.05, 0) is 36.4 Å². The molecule has 1 aromatic heterocycles. The van der Waals surface area contributed by atoms with Crippen LogP contribution < -0.4 is 10.1 Å². The Morgan fingerprint density at radius 3 is 2.73 bits per heavy atom. The molecule has 5 nitrogen and oxygen atoms in total. The van der Waals surface area contributed by atoms with Gasteiger partial charge >= 0.3 is 0 Å². The molecule has 3 aromatic rings. The maximum Gasteiger partial charge on any atom is 0.227 e. The minimum atomic E-state index is 0.124. The van der Waals surface area contributed by atoms with Gasteiger partial charge in [0, 0.05) is 37.4 Å². The molecular formula is C17H18N2O3. The SMILES string of the molecule is CNc1ccc(-c2nc3cc(OCCCO)ccc3o2)cc1. The molecule has 2 aromatic carbocycles. The highest BCUT2D eigenvalue weighted by atomic mass is 16.5. The average Bonchev–Trinajstić information content (AvgIpc) is 2.98. The molecule has 0 amide bonds. The van der Waals surface area contributed by atoms with Crippen molar-refractivity contribution in [3.63, 3.8) is 0 Å². The van der Waals surface area contributed by atoms with E-state index < -0.39 is 0 Å². The molecule has 3 rings (SSSR count). The van der Waals surface area contributed by atoms with E-state index in [9.17, 15) is 0 Å². The Labute approximate surface area is 128 Å². The Morgan fingerprint density at radius 1 is 1.18 bits per heavy atom. The highest BCUT2D eigenvalue weighted by Gasteiger charge is 2.09. The van der Waals surface area contributed by atoms with Crippen LogP contribution in [0.4, 0.5) is 5.69 Å². The number of nitrogens with zero attached hydrogens (tertiary/aromatic N) is 1. The van der Waals surface area contributed by atoms with Gasteiger partial charge in [0.2, 0.25) is 5.89 Å². The number of fused-ring (bicyclic) bond motifs is 1. The van der Waals surface area contributed by atoms with Crippen LogP contribution >= 0.6 is 0 Å². The van der Waals surface area contributed by atoms with Crippen molar-refractivity contribution in [1.82, 2.24) is 4.98 Å². The highest BCUT2D eigenvalue weighted by molar-refractivity contribution is 5.78. The Kier molecular flexibility index (Phi) is 4.25. The third-order valence-corrected chi connectivity index (χ3v) is 3.35. The number of benzene rings is 2. The van der Waals surface area contributed by atoms with E-state index in [0.717, 1.165) is 28.1 Å². The summed E-state index contributed by atoms with van der Waals surface area (Å²) >= 11 is 0. The lowest BCUT2D eigenvalue weighted by molar-refractivity contribution is 0.233. The summed E-state index contributed by atoms with van der Waals surface area (Å²) in [5, 5.41) is 11.8. The molecule has 0 bridgehead atoms. The average molecular weight is 298 g/mol. The van der Waals surface area contributed by atoms with Crippen LogP contribution in [0.5, 0.6) is 5.75 Å². The van der Waals surface area contributed by atoms with Crippen molar-refractivity contribution >= 4 is 16.8 Å². The lowest BCUT2D eigenvalue weighted by Gasteiger charge is -2.03. The molecule has 0 aliphatic rings. The van der Waals surface area contributed by atoms with Gasteiger partial charge in [-0.1, -0.05) is 0 Å². The normalized spacial score (nSPS) is 10.8. The van der Waals surface area contributed by atoms with Crippen LogP contribution in [-0.2, 0) is 0 Å². The summed E-state index contributed by atoms with van der Waals surface area (Å²) in [6.45, 7) is 0.608. The van der Waals surface area contributed by atoms with Crippen molar-refractivity contribution in [2.75, 3.05) is 25.6 Å². The number of hydrogen-bond donors (Lipinski definition) is 2. The monoisotopic (exact) mass is 298 g/mol. The molecule has 0 aliphatic heterocycles. The first-order chi connectivity index (χ1) is 10.8. The number of rotatable bonds is 6. The first kappa shape index (κ1) is 14.4. The van der Waals surface area contributed by atoms with E-state index in [1.54, 1.807) is 0 Å². The highest BCUT2D eigenvalue weighted by Crippen LogP contribution is 2.27. The maximum absolute atomic E-state index is 8.77. The summed E-state index contributed by atoms with van der Waals surface area (Å²) < 4.78 is 11.3. The minimum absolute atomic E-state index is 0.124. The largest absolute Gasteiger partial charge is 0.493 e. The van der Waals surface area contributed by atoms with Crippen LogP contribution in [0.3, 0.4) is 0 Å². The zero-order valence-corrected chi connectivity index (χ0v) is 12.4. The number of aliphatic hydroxyl groups excluding tert-OH is 1. The van der Waals surface area contributed by atoms with Crippen LogP contribution in [0.15, 0.2) is 46.9 Å². The second kappa shape index (κ2) is 6.49.